The van der Waals surface area contributed by atoms with Crippen molar-refractivity contribution in [3.05, 3.63) is 46.1 Å². The van der Waals surface area contributed by atoms with Gasteiger partial charge in [-0.15, -0.1) is 0 Å². The molecule has 7 nitrogen and oxygen atoms in total. The summed E-state index contributed by atoms with van der Waals surface area (Å²) < 4.78 is 5.63. The lowest BCUT2D eigenvalue weighted by Gasteiger charge is -2.00. The van der Waals surface area contributed by atoms with E-state index in [0.29, 0.717) is 21.6 Å². The second kappa shape index (κ2) is 5.55. The van der Waals surface area contributed by atoms with Gasteiger partial charge >= 0.3 is 0 Å². The van der Waals surface area contributed by atoms with E-state index in [0.717, 1.165) is 10.4 Å². The first-order valence-electron chi connectivity index (χ1n) is 5.77. The molecule has 0 amide bonds. The zero-order valence-corrected chi connectivity index (χ0v) is 12.0. The normalized spacial score (nSPS) is 11.3. The number of rotatable bonds is 3. The van der Waals surface area contributed by atoms with Crippen LogP contribution in [0.25, 0.3) is 11.3 Å². The van der Waals surface area contributed by atoms with E-state index in [1.54, 1.807) is 30.3 Å². The van der Waals surface area contributed by atoms with Gasteiger partial charge in [0.15, 0.2) is 0 Å². The molecule has 106 valence electrons. The molecule has 3 aromatic rings. The van der Waals surface area contributed by atoms with E-state index >= 15 is 0 Å². The van der Waals surface area contributed by atoms with Gasteiger partial charge in [-0.1, -0.05) is 33.1 Å². The molecule has 0 unspecified atom stereocenters. The SMILES string of the molecule is Nc1nnnn1/N=C\c1ccc(-c2ccc(Cl)cc2Cl)o1. The molecular formula is C12H8Cl2N6O. The number of hydrogen-bond acceptors (Lipinski definition) is 6. The lowest BCUT2D eigenvalue weighted by Crippen LogP contribution is -1.99. The summed E-state index contributed by atoms with van der Waals surface area (Å²) in [6.45, 7) is 0. The van der Waals surface area contributed by atoms with Crippen molar-refractivity contribution >= 4 is 35.4 Å². The van der Waals surface area contributed by atoms with Gasteiger partial charge in [0.05, 0.1) is 11.2 Å². The summed E-state index contributed by atoms with van der Waals surface area (Å²) in [6.07, 6.45) is 1.44. The van der Waals surface area contributed by atoms with Gasteiger partial charge in [0.25, 0.3) is 5.95 Å². The highest BCUT2D eigenvalue weighted by molar-refractivity contribution is 6.36. The molecule has 9 heteroatoms. The van der Waals surface area contributed by atoms with Crippen LogP contribution in [0.1, 0.15) is 5.76 Å². The summed E-state index contributed by atoms with van der Waals surface area (Å²) in [5.74, 6) is 1.19. The van der Waals surface area contributed by atoms with Crippen molar-refractivity contribution in [3.63, 3.8) is 0 Å². The highest BCUT2D eigenvalue weighted by atomic mass is 35.5. The van der Waals surface area contributed by atoms with Crippen molar-refractivity contribution in [1.82, 2.24) is 20.3 Å². The number of halogens is 2. The van der Waals surface area contributed by atoms with Crippen LogP contribution >= 0.6 is 23.2 Å². The molecule has 0 aliphatic heterocycles. The minimum Gasteiger partial charge on any atom is -0.455 e. The van der Waals surface area contributed by atoms with Crippen molar-refractivity contribution < 1.29 is 4.42 Å². The summed E-state index contributed by atoms with van der Waals surface area (Å²) in [7, 11) is 0. The van der Waals surface area contributed by atoms with Gasteiger partial charge < -0.3 is 10.2 Å². The third-order valence-electron chi connectivity index (χ3n) is 2.59. The Kier molecular flexibility index (Phi) is 3.59. The summed E-state index contributed by atoms with van der Waals surface area (Å²) >= 11 is 12.0. The Morgan fingerprint density at radius 3 is 2.81 bits per heavy atom. The molecule has 1 aromatic carbocycles. The number of aromatic nitrogens is 4. The quantitative estimate of drug-likeness (QED) is 0.748. The number of tetrazole rings is 1. The minimum absolute atomic E-state index is 0.0822. The number of furan rings is 1. The average molecular weight is 323 g/mol. The zero-order valence-electron chi connectivity index (χ0n) is 10.4. The number of benzene rings is 1. The number of nitrogen functional groups attached to an aromatic ring is 1. The van der Waals surface area contributed by atoms with Crippen LogP contribution in [-0.4, -0.2) is 26.5 Å². The van der Waals surface area contributed by atoms with Crippen LogP contribution in [0.15, 0.2) is 39.9 Å². The van der Waals surface area contributed by atoms with E-state index in [-0.39, 0.29) is 5.95 Å². The average Bonchev–Trinajstić information content (AvgIpc) is 3.05. The summed E-state index contributed by atoms with van der Waals surface area (Å²) in [4.78, 5) is 1.08. The molecule has 0 fully saturated rings. The Morgan fingerprint density at radius 1 is 1.24 bits per heavy atom. The lowest BCUT2D eigenvalue weighted by molar-refractivity contribution is 0.573. The van der Waals surface area contributed by atoms with Gasteiger partial charge in [-0.3, -0.25) is 0 Å². The van der Waals surface area contributed by atoms with Crippen molar-refractivity contribution in [1.29, 1.82) is 0 Å². The smallest absolute Gasteiger partial charge is 0.263 e. The fourth-order valence-electron chi connectivity index (χ4n) is 1.64. The van der Waals surface area contributed by atoms with E-state index in [9.17, 15) is 0 Å². The predicted octanol–water partition coefficient (Wildman–Crippen LogP) is 2.70. The van der Waals surface area contributed by atoms with Crippen LogP contribution in [-0.2, 0) is 0 Å². The molecule has 0 spiro atoms. The Bertz CT molecular complexity index is 810. The standard InChI is InChI=1S/C12H8Cl2N6O/c13-7-1-3-9(10(14)5-7)11-4-2-8(21-11)6-16-20-12(15)17-18-19-20/h1-6H,(H2,15,17,19)/b16-6-. The van der Waals surface area contributed by atoms with E-state index in [4.69, 9.17) is 33.4 Å². The first kappa shape index (κ1) is 13.6. The molecule has 21 heavy (non-hydrogen) atoms. The van der Waals surface area contributed by atoms with Gasteiger partial charge in [0.2, 0.25) is 0 Å². The van der Waals surface area contributed by atoms with Crippen LogP contribution in [0.4, 0.5) is 5.95 Å². The van der Waals surface area contributed by atoms with Crippen molar-refractivity contribution in [2.45, 2.75) is 0 Å². The van der Waals surface area contributed by atoms with E-state index in [2.05, 4.69) is 20.6 Å². The topological polar surface area (TPSA) is 95.1 Å². The van der Waals surface area contributed by atoms with Crippen LogP contribution < -0.4 is 5.73 Å². The number of hydrogen-bond donors (Lipinski definition) is 1. The third kappa shape index (κ3) is 2.88. The Labute approximate surface area is 129 Å². The molecule has 0 atom stereocenters. The monoisotopic (exact) mass is 322 g/mol. The molecule has 0 saturated carbocycles. The van der Waals surface area contributed by atoms with Crippen molar-refractivity contribution in [3.8, 4) is 11.3 Å². The van der Waals surface area contributed by atoms with Crippen molar-refractivity contribution in [2.75, 3.05) is 5.73 Å². The number of nitrogens with two attached hydrogens (primary N) is 1. The Balaban J connectivity index is 1.86. The summed E-state index contributed by atoms with van der Waals surface area (Å²) in [5, 5.41) is 15.5. The maximum absolute atomic E-state index is 6.13. The first-order valence-corrected chi connectivity index (χ1v) is 6.52. The maximum atomic E-state index is 6.13. The maximum Gasteiger partial charge on any atom is 0.263 e. The van der Waals surface area contributed by atoms with Crippen molar-refractivity contribution in [2.24, 2.45) is 5.10 Å². The Hall–Kier alpha value is -2.38. The van der Waals surface area contributed by atoms with Gasteiger partial charge in [-0.05, 0) is 40.8 Å². The van der Waals surface area contributed by atoms with Gasteiger partial charge in [-0.25, -0.2) is 0 Å². The van der Waals surface area contributed by atoms with Gasteiger partial charge in [-0.2, -0.15) is 5.10 Å². The molecular weight excluding hydrogens is 315 g/mol. The van der Waals surface area contributed by atoms with Crippen LogP contribution in [0.3, 0.4) is 0 Å². The van der Waals surface area contributed by atoms with Gasteiger partial charge in [0, 0.05) is 10.6 Å². The highest BCUT2D eigenvalue weighted by Crippen LogP contribution is 2.31. The molecule has 2 N–H and O–H groups in total. The van der Waals surface area contributed by atoms with Crippen LogP contribution in [0, 0.1) is 0 Å². The molecule has 0 radical (unpaired) electrons. The second-order valence-corrected chi connectivity index (χ2v) is 4.84. The first-order chi connectivity index (χ1) is 10.1. The lowest BCUT2D eigenvalue weighted by atomic mass is 10.2. The molecule has 2 heterocycles. The molecule has 0 aliphatic rings. The number of anilines is 1. The predicted molar refractivity (Wildman–Crippen MR) is 79.4 cm³/mol. The fraction of sp³-hybridized carbons (Fsp3) is 0. The van der Waals surface area contributed by atoms with Gasteiger partial charge in [0.1, 0.15) is 11.5 Å². The summed E-state index contributed by atoms with van der Waals surface area (Å²) in [5.41, 5.74) is 6.23. The minimum atomic E-state index is 0.0822. The molecule has 2 aromatic heterocycles. The molecule has 3 rings (SSSR count). The Morgan fingerprint density at radius 2 is 2.10 bits per heavy atom. The zero-order chi connectivity index (χ0) is 14.8. The van der Waals surface area contributed by atoms with E-state index in [1.165, 1.54) is 6.21 Å². The molecule has 0 aliphatic carbocycles. The second-order valence-electron chi connectivity index (χ2n) is 4.00. The third-order valence-corrected chi connectivity index (χ3v) is 3.14. The molecule has 0 bridgehead atoms. The highest BCUT2D eigenvalue weighted by Gasteiger charge is 2.08. The number of nitrogens with zero attached hydrogens (tertiary/aromatic N) is 5. The van der Waals surface area contributed by atoms with Crippen LogP contribution in [0.2, 0.25) is 10.0 Å². The molecule has 0 saturated heterocycles. The fourth-order valence-corrected chi connectivity index (χ4v) is 2.14. The van der Waals surface area contributed by atoms with Crippen LogP contribution in [0.5, 0.6) is 0 Å². The van der Waals surface area contributed by atoms with E-state index in [1.807, 2.05) is 0 Å². The van der Waals surface area contributed by atoms with E-state index < -0.39 is 0 Å². The largest absolute Gasteiger partial charge is 0.455 e. The summed E-state index contributed by atoms with van der Waals surface area (Å²) in [6, 6.07) is 8.69.